The smallest absolute Gasteiger partial charge is 0.410 e. The normalized spacial score (nSPS) is 17.3. The molecule has 20 nitrogen and oxygen atoms in total. The fourth-order valence-electron chi connectivity index (χ4n) is 19.1. The van der Waals surface area contributed by atoms with Crippen molar-refractivity contribution >= 4 is 52.7 Å². The molecule has 6 fully saturated rings. The predicted molar refractivity (Wildman–Crippen MR) is 528 cm³/mol. The maximum atomic E-state index is 12.9. The minimum atomic E-state index is -0.556. The fourth-order valence-corrected chi connectivity index (χ4v) is 19.4. The van der Waals surface area contributed by atoms with E-state index in [1.807, 2.05) is 175 Å². The molecule has 10 rings (SSSR count). The molecular weight excluding hydrogens is 1770 g/mol. The van der Waals surface area contributed by atoms with Gasteiger partial charge >= 0.3 is 30.1 Å². The number of likely N-dealkylation sites (N-methyl/N-ethyl adjacent to an activating group) is 2. The van der Waals surface area contributed by atoms with Crippen LogP contribution in [0.15, 0.2) is 48.5 Å². The van der Waals surface area contributed by atoms with Gasteiger partial charge in [0, 0.05) is 56.2 Å². The van der Waals surface area contributed by atoms with Gasteiger partial charge in [0.2, 0.25) is 0 Å². The van der Waals surface area contributed by atoms with Gasteiger partial charge in [0.05, 0.1) is 61.7 Å². The summed E-state index contributed by atoms with van der Waals surface area (Å²) in [6, 6.07) is 17.8. The lowest BCUT2D eigenvalue weighted by Crippen LogP contribution is -3.00. The average Bonchev–Trinajstić information content (AvgIpc) is 0.820. The Hall–Kier alpha value is -6.05. The van der Waals surface area contributed by atoms with Gasteiger partial charge in [-0.3, -0.25) is 14.5 Å². The van der Waals surface area contributed by atoms with Crippen LogP contribution in [0.2, 0.25) is 0 Å². The molecule has 0 radical (unpaired) electrons. The van der Waals surface area contributed by atoms with Crippen molar-refractivity contribution in [2.24, 2.45) is 11.7 Å². The number of halogens is 2. The number of quaternary nitrogens is 1. The molecule has 6 aliphatic carbocycles. The number of carbonyl (C=O) groups excluding carboxylic acids is 7. The number of ether oxygens (including phenoxy) is 5. The van der Waals surface area contributed by atoms with Crippen molar-refractivity contribution in [3.05, 3.63) is 138 Å². The SMILES string of the molecule is CC(O)CCC1CCCCC1.CC(O)CN.CC(O)CN(C(=O)OC(C)(C)C)C1CCCCC1.Cc1cc(C)c(C(=O)Cl)c(C)c1.Cc1cc(C)c(C(=O)OC(C)CN(C(=O)OC(C)(C)C)C2CCCCC2)c(C)c1.Cc1cc(C)c(C(=O)OC(C)CN(C)C2CCCCC2)c(C)c1.Cc1cc(C)c(C(=O)OC(C)C[N+](C)(C)C2CCCCC2)c(C)c1.O=C1CCCCC1.[I-]. The minimum absolute atomic E-state index is 0. The summed E-state index contributed by atoms with van der Waals surface area (Å²) in [4.78, 5) is 90.3. The highest BCUT2D eigenvalue weighted by atomic mass is 127. The first-order chi connectivity index (χ1) is 60.3. The van der Waals surface area contributed by atoms with Crippen LogP contribution in [0.25, 0.3) is 0 Å². The second-order valence-corrected chi connectivity index (χ2v) is 41.7. The van der Waals surface area contributed by atoms with Gasteiger partial charge < -0.3 is 83.0 Å². The lowest BCUT2D eigenvalue weighted by atomic mass is 9.85. The van der Waals surface area contributed by atoms with Gasteiger partial charge in [0.15, 0.2) is 0 Å². The van der Waals surface area contributed by atoms with Gasteiger partial charge in [0.25, 0.3) is 5.24 Å². The van der Waals surface area contributed by atoms with E-state index in [9.17, 15) is 38.7 Å². The summed E-state index contributed by atoms with van der Waals surface area (Å²) < 4.78 is 29.3. The molecule has 0 aromatic heterocycles. The predicted octanol–water partition coefficient (Wildman–Crippen LogP) is 21.2. The van der Waals surface area contributed by atoms with Crippen LogP contribution in [0.4, 0.5) is 9.59 Å². The number of hydrogen-bond acceptors (Lipinski definition) is 17. The molecule has 4 aromatic rings. The maximum Gasteiger partial charge on any atom is 0.410 e. The number of ketones is 1. The number of nitrogens with zero attached hydrogens (tertiary/aromatic N) is 4. The van der Waals surface area contributed by atoms with Crippen molar-refractivity contribution in [1.82, 2.24) is 14.7 Å². The molecule has 0 saturated heterocycles. The summed E-state index contributed by atoms with van der Waals surface area (Å²) >= 11 is 5.43. The lowest BCUT2D eigenvalue weighted by Gasteiger charge is -2.41. The fraction of sp³-hybridized carbons (Fsp3) is 0.713. The highest BCUT2D eigenvalue weighted by Gasteiger charge is 2.36. The molecule has 22 heteroatoms. The van der Waals surface area contributed by atoms with Crippen molar-refractivity contribution in [3.63, 3.8) is 0 Å². The monoisotopic (exact) mass is 1950 g/mol. The van der Waals surface area contributed by atoms with Crippen molar-refractivity contribution in [3.8, 4) is 0 Å². The van der Waals surface area contributed by atoms with E-state index in [0.717, 1.165) is 174 Å². The van der Waals surface area contributed by atoms with Crippen LogP contribution < -0.4 is 29.7 Å². The topological polar surface area (TPSA) is 262 Å². The van der Waals surface area contributed by atoms with Crippen molar-refractivity contribution in [1.29, 1.82) is 0 Å². The van der Waals surface area contributed by atoms with E-state index in [0.29, 0.717) is 48.6 Å². The molecule has 6 saturated carbocycles. The number of nitrogens with two attached hydrogens (primary N) is 1. The highest BCUT2D eigenvalue weighted by Crippen LogP contribution is 2.33. The number of amides is 2. The average molecular weight is 1950 g/mol. The zero-order chi connectivity index (χ0) is 97.2. The van der Waals surface area contributed by atoms with Crippen molar-refractivity contribution < 1.29 is 101 Å². The quantitative estimate of drug-likeness (QED) is 0.0177. The molecule has 0 spiro atoms. The zero-order valence-electron chi connectivity index (χ0n) is 86.0. The summed E-state index contributed by atoms with van der Waals surface area (Å²) in [6.07, 6.45) is 36.6. The van der Waals surface area contributed by atoms with E-state index >= 15 is 0 Å². The number of hydrogen-bond donors (Lipinski definition) is 4. The van der Waals surface area contributed by atoms with E-state index in [1.54, 1.807) is 23.6 Å². The van der Waals surface area contributed by atoms with Crippen LogP contribution in [0.5, 0.6) is 0 Å². The number of carbonyl (C=O) groups is 7. The molecule has 2 amide bonds. The number of aryl methyl sites for hydroxylation is 12. The Morgan fingerprint density at radius 3 is 0.992 bits per heavy atom. The van der Waals surface area contributed by atoms with E-state index in [1.165, 1.54) is 133 Å². The largest absolute Gasteiger partial charge is 1.00 e. The van der Waals surface area contributed by atoms with Gasteiger partial charge in [-0.2, -0.15) is 0 Å². The van der Waals surface area contributed by atoms with E-state index < -0.39 is 23.4 Å². The number of aliphatic hydroxyl groups is 3. The third-order valence-corrected chi connectivity index (χ3v) is 25.3. The van der Waals surface area contributed by atoms with Gasteiger partial charge in [-0.05, 0) is 325 Å². The molecule has 6 aliphatic rings. The third-order valence-electron chi connectivity index (χ3n) is 25.1. The summed E-state index contributed by atoms with van der Waals surface area (Å²) in [7, 11) is 6.72. The van der Waals surface area contributed by atoms with Gasteiger partial charge in [0.1, 0.15) is 41.8 Å². The molecule has 740 valence electrons. The Morgan fingerprint density at radius 1 is 0.415 bits per heavy atom. The van der Waals surface area contributed by atoms with Gasteiger partial charge in [-0.25, -0.2) is 24.0 Å². The lowest BCUT2D eigenvalue weighted by molar-refractivity contribution is -0.918. The molecule has 0 aliphatic heterocycles. The van der Waals surface area contributed by atoms with Crippen LogP contribution >= 0.6 is 11.6 Å². The first kappa shape index (κ1) is 120. The van der Waals surface area contributed by atoms with E-state index in [2.05, 4.69) is 52.0 Å². The molecule has 0 bridgehead atoms. The number of rotatable bonds is 23. The summed E-state index contributed by atoms with van der Waals surface area (Å²) in [5.41, 5.74) is 19.0. The Morgan fingerprint density at radius 2 is 0.700 bits per heavy atom. The van der Waals surface area contributed by atoms with Crippen molar-refractivity contribution in [2.75, 3.05) is 53.9 Å². The summed E-state index contributed by atoms with van der Waals surface area (Å²) in [6.45, 7) is 48.8. The Labute approximate surface area is 809 Å². The number of aliphatic hydroxyl groups excluding tert-OH is 3. The number of benzene rings is 4. The molecule has 6 atom stereocenters. The van der Waals surface area contributed by atoms with Gasteiger partial charge in [-0.1, -0.05) is 174 Å². The molecular formula is C108H179ClIN5O15. The first-order valence-corrected chi connectivity index (χ1v) is 49.6. The molecule has 130 heavy (non-hydrogen) atoms. The Bertz CT molecular complexity index is 3920. The van der Waals surface area contributed by atoms with Crippen LogP contribution in [0.3, 0.4) is 0 Å². The second-order valence-electron chi connectivity index (χ2n) is 41.3. The molecule has 5 N–H and O–H groups in total. The zero-order valence-corrected chi connectivity index (χ0v) is 88.9. The molecule has 0 heterocycles. The van der Waals surface area contributed by atoms with Crippen molar-refractivity contribution in [2.45, 2.75) is 444 Å². The van der Waals surface area contributed by atoms with Crippen LogP contribution in [0.1, 0.15) is 397 Å². The van der Waals surface area contributed by atoms with Gasteiger partial charge in [-0.15, -0.1) is 0 Å². The maximum absolute atomic E-state index is 12.9. The summed E-state index contributed by atoms with van der Waals surface area (Å²) in [5, 5.41) is 26.5. The number of esters is 3. The first-order valence-electron chi connectivity index (χ1n) is 49.3. The van der Waals surface area contributed by atoms with E-state index in [-0.39, 0.29) is 95.8 Å². The number of Topliss-reactive ketones (excluding diaryl/α,β-unsaturated/α-hetero) is 1. The highest BCUT2D eigenvalue weighted by molar-refractivity contribution is 6.68. The minimum Gasteiger partial charge on any atom is -1.00 e. The summed E-state index contributed by atoms with van der Waals surface area (Å²) in [5.74, 6) is 0.690. The van der Waals surface area contributed by atoms with Crippen LogP contribution in [-0.4, -0.2) is 201 Å². The molecule has 4 aromatic carbocycles. The molecule has 6 unspecified atom stereocenters. The van der Waals surface area contributed by atoms with Crippen LogP contribution in [-0.2, 0) is 28.5 Å². The Balaban J connectivity index is 0.000000524. The second kappa shape index (κ2) is 61.1. The van der Waals surface area contributed by atoms with E-state index in [4.69, 9.17) is 51.2 Å². The standard InChI is InChI=1S/C24H37NO4.C21H34NO2.C20H31NO2.C14H27NO3.C10H11ClO.C10H20O.C6H10O.C3H9NO.HI/c1-16-13-17(2)21(18(3)14-16)22(26)28-19(4)15-25(20-11-9-8-10-12-20)23(27)29-24(5,6)7;1-15-12-16(2)20(17(3)13-15)21(23)24-18(4)14-22(5,6)19-10-8-7-9-11-19;1-14-11-15(2)19(16(3)12-14)20(22)23-17(4)13-21(5)18-9-7-6-8-10-18;1-11(16)10-15(12-8-6-5-7-9-12)13(17)18-14(2,3)4;1-6-4-7(2)9(10(11)12)8(3)5-6;1-9(11)7-8-10-5-3-2-4-6-10;7-6-4-2-1-3-5-6;1-3(5)2-4;/h13-14,19-20H,8-12,15H2,1-7H3;12-13,18-19H,7-11,14H2,1-6H3;11-12,17-18H,6-10,13H2,1-5H3;11-12,16H,5-10H2,1-4H3;4-5H,1-3H3;9-11H,2-8H2,1H3;1-5H2;3,5H,2,4H2,1H3;1H/q;+1;;;;;;;/p-1. The van der Waals surface area contributed by atoms with Crippen LogP contribution in [0, 0.1) is 89.0 Å². The Kier molecular flexibility index (Phi) is 56.4. The third kappa shape index (κ3) is 47.4.